The first-order chi connectivity index (χ1) is 17.1. The number of aromatic nitrogens is 2. The number of benzene rings is 3. The van der Waals surface area contributed by atoms with Crippen molar-refractivity contribution >= 4 is 17.5 Å². The quantitative estimate of drug-likeness (QED) is 0.404. The number of hydrogen-bond acceptors (Lipinski definition) is 6. The summed E-state index contributed by atoms with van der Waals surface area (Å²) in [6.45, 7) is 1.01. The summed E-state index contributed by atoms with van der Waals surface area (Å²) >= 11 is 0. The number of likely N-dealkylation sites (tertiary alicyclic amines) is 1. The molecule has 2 amide bonds. The Morgan fingerprint density at radius 1 is 1.03 bits per heavy atom. The molecule has 0 aliphatic carbocycles. The maximum atomic E-state index is 12.8. The van der Waals surface area contributed by atoms with E-state index in [0.29, 0.717) is 36.9 Å². The highest BCUT2D eigenvalue weighted by Crippen LogP contribution is 2.26. The number of anilines is 1. The summed E-state index contributed by atoms with van der Waals surface area (Å²) in [6.07, 6.45) is 0.489. The number of carbonyl (C=O) groups excluding carboxylic acids is 2. The van der Waals surface area contributed by atoms with Crippen LogP contribution in [0.15, 0.2) is 83.4 Å². The summed E-state index contributed by atoms with van der Waals surface area (Å²) in [5, 5.41) is 6.89. The Hall–Kier alpha value is -4.46. The molecule has 1 fully saturated rings. The standard InChI is InChI=1S/C27H24N4O4/c1-34-22-13-7-18(8-14-22)17-31-16-15-23(27(31)33)25(32)28-21-11-9-20(10-12-21)26-29-24(30-35-26)19-5-3-2-4-6-19/h2-14,23H,15-17H2,1H3,(H,28,32)/t23-/m1/s1. The van der Waals surface area contributed by atoms with Crippen LogP contribution in [0.1, 0.15) is 12.0 Å². The van der Waals surface area contributed by atoms with E-state index in [0.717, 1.165) is 22.4 Å². The second-order valence-electron chi connectivity index (χ2n) is 8.30. The molecule has 2 heterocycles. The van der Waals surface area contributed by atoms with Crippen molar-refractivity contribution in [2.24, 2.45) is 5.92 Å². The zero-order valence-corrected chi connectivity index (χ0v) is 19.2. The Morgan fingerprint density at radius 2 is 1.77 bits per heavy atom. The van der Waals surface area contributed by atoms with Crippen molar-refractivity contribution < 1.29 is 18.8 Å². The summed E-state index contributed by atoms with van der Waals surface area (Å²) in [5.41, 5.74) is 3.20. The Labute approximate surface area is 202 Å². The molecule has 1 saturated heterocycles. The zero-order valence-electron chi connectivity index (χ0n) is 19.2. The normalized spacial score (nSPS) is 15.3. The summed E-state index contributed by atoms with van der Waals surface area (Å²) < 4.78 is 10.6. The van der Waals surface area contributed by atoms with Crippen LogP contribution in [0.25, 0.3) is 22.8 Å². The van der Waals surface area contributed by atoms with Crippen molar-refractivity contribution in [1.29, 1.82) is 0 Å². The first-order valence-corrected chi connectivity index (χ1v) is 11.3. The lowest BCUT2D eigenvalue weighted by Crippen LogP contribution is -2.32. The molecule has 1 aliphatic rings. The lowest BCUT2D eigenvalue weighted by Gasteiger charge is -2.17. The predicted octanol–water partition coefficient (Wildman–Crippen LogP) is 4.40. The number of carbonyl (C=O) groups is 2. The van der Waals surface area contributed by atoms with Crippen molar-refractivity contribution in [3.05, 3.63) is 84.4 Å². The lowest BCUT2D eigenvalue weighted by atomic mass is 10.1. The number of rotatable bonds is 7. The Kier molecular flexibility index (Phi) is 6.26. The van der Waals surface area contributed by atoms with Crippen LogP contribution >= 0.6 is 0 Å². The second-order valence-corrected chi connectivity index (χ2v) is 8.30. The minimum absolute atomic E-state index is 0.158. The third-order valence-corrected chi connectivity index (χ3v) is 6.00. The Morgan fingerprint density at radius 3 is 2.49 bits per heavy atom. The maximum absolute atomic E-state index is 12.8. The van der Waals surface area contributed by atoms with Crippen molar-refractivity contribution in [3.8, 4) is 28.6 Å². The van der Waals surface area contributed by atoms with E-state index in [2.05, 4.69) is 15.5 Å². The largest absolute Gasteiger partial charge is 0.497 e. The van der Waals surface area contributed by atoms with Crippen LogP contribution < -0.4 is 10.1 Å². The first kappa shape index (κ1) is 22.3. The van der Waals surface area contributed by atoms with Gasteiger partial charge in [0.2, 0.25) is 17.6 Å². The van der Waals surface area contributed by atoms with Gasteiger partial charge in [-0.3, -0.25) is 9.59 Å². The molecule has 4 aromatic rings. The number of nitrogens with one attached hydrogen (secondary N) is 1. The van der Waals surface area contributed by atoms with Crippen LogP contribution in [0.3, 0.4) is 0 Å². The Balaban J connectivity index is 1.19. The van der Waals surface area contributed by atoms with Crippen LogP contribution in [0.5, 0.6) is 5.75 Å². The highest BCUT2D eigenvalue weighted by molar-refractivity contribution is 6.07. The zero-order chi connectivity index (χ0) is 24.2. The third-order valence-electron chi connectivity index (χ3n) is 6.00. The van der Waals surface area contributed by atoms with Gasteiger partial charge in [0, 0.05) is 29.9 Å². The molecular weight excluding hydrogens is 444 g/mol. The van der Waals surface area contributed by atoms with Crippen molar-refractivity contribution in [3.63, 3.8) is 0 Å². The molecule has 1 aromatic heterocycles. The van der Waals surface area contributed by atoms with Crippen LogP contribution in [0, 0.1) is 5.92 Å². The summed E-state index contributed by atoms with van der Waals surface area (Å²) in [4.78, 5) is 31.8. The molecule has 0 spiro atoms. The molecule has 0 unspecified atom stereocenters. The maximum Gasteiger partial charge on any atom is 0.258 e. The van der Waals surface area contributed by atoms with Crippen LogP contribution in [-0.2, 0) is 16.1 Å². The number of hydrogen-bond donors (Lipinski definition) is 1. The van der Waals surface area contributed by atoms with Gasteiger partial charge in [0.1, 0.15) is 11.7 Å². The van der Waals surface area contributed by atoms with E-state index in [-0.39, 0.29) is 11.8 Å². The van der Waals surface area contributed by atoms with E-state index in [9.17, 15) is 9.59 Å². The second kappa shape index (κ2) is 9.80. The van der Waals surface area contributed by atoms with Gasteiger partial charge >= 0.3 is 0 Å². The fraction of sp³-hybridized carbons (Fsp3) is 0.185. The number of methoxy groups -OCH3 is 1. The van der Waals surface area contributed by atoms with E-state index in [4.69, 9.17) is 9.26 Å². The number of ether oxygens (including phenoxy) is 1. The molecule has 0 saturated carbocycles. The third kappa shape index (κ3) is 4.91. The highest BCUT2D eigenvalue weighted by atomic mass is 16.5. The average molecular weight is 469 g/mol. The average Bonchev–Trinajstić information content (AvgIpc) is 3.53. The minimum Gasteiger partial charge on any atom is -0.497 e. The van der Waals surface area contributed by atoms with E-state index in [1.165, 1.54) is 0 Å². The minimum atomic E-state index is -0.697. The van der Waals surface area contributed by atoms with Gasteiger partial charge in [-0.05, 0) is 48.4 Å². The molecule has 0 bridgehead atoms. The number of amides is 2. The summed E-state index contributed by atoms with van der Waals surface area (Å²) in [7, 11) is 1.61. The molecule has 1 atom stereocenters. The van der Waals surface area contributed by atoms with Crippen LogP contribution in [0.2, 0.25) is 0 Å². The molecule has 1 N–H and O–H groups in total. The molecule has 3 aromatic carbocycles. The fourth-order valence-electron chi connectivity index (χ4n) is 4.06. The fourth-order valence-corrected chi connectivity index (χ4v) is 4.06. The Bertz CT molecular complexity index is 1320. The SMILES string of the molecule is COc1ccc(CN2CC[C@H](C(=O)Nc3ccc(-c4nc(-c5ccccc5)no4)cc3)C2=O)cc1. The van der Waals surface area contributed by atoms with Crippen molar-refractivity contribution in [2.45, 2.75) is 13.0 Å². The molecule has 1 aliphatic heterocycles. The van der Waals surface area contributed by atoms with E-state index >= 15 is 0 Å². The topological polar surface area (TPSA) is 97.6 Å². The predicted molar refractivity (Wildman–Crippen MR) is 130 cm³/mol. The van der Waals surface area contributed by atoms with Crippen molar-refractivity contribution in [2.75, 3.05) is 19.0 Å². The van der Waals surface area contributed by atoms with E-state index in [1.807, 2.05) is 54.6 Å². The van der Waals surface area contributed by atoms with Crippen LogP contribution in [-0.4, -0.2) is 40.5 Å². The van der Waals surface area contributed by atoms with Gasteiger partial charge in [-0.1, -0.05) is 47.6 Å². The molecule has 35 heavy (non-hydrogen) atoms. The van der Waals surface area contributed by atoms with Crippen LogP contribution in [0.4, 0.5) is 5.69 Å². The first-order valence-electron chi connectivity index (χ1n) is 11.3. The molecular formula is C27H24N4O4. The van der Waals surface area contributed by atoms with Gasteiger partial charge in [-0.25, -0.2) is 0 Å². The summed E-state index contributed by atoms with van der Waals surface area (Å²) in [5.74, 6) is 0.509. The number of nitrogens with zero attached hydrogens (tertiary/aromatic N) is 3. The van der Waals surface area contributed by atoms with Gasteiger partial charge in [0.15, 0.2) is 0 Å². The molecule has 8 nitrogen and oxygen atoms in total. The monoisotopic (exact) mass is 468 g/mol. The highest BCUT2D eigenvalue weighted by Gasteiger charge is 2.36. The smallest absolute Gasteiger partial charge is 0.258 e. The van der Waals surface area contributed by atoms with E-state index < -0.39 is 5.92 Å². The van der Waals surface area contributed by atoms with Gasteiger partial charge in [-0.2, -0.15) is 4.98 Å². The van der Waals surface area contributed by atoms with Gasteiger partial charge < -0.3 is 19.5 Å². The molecule has 8 heteroatoms. The molecule has 5 rings (SSSR count). The van der Waals surface area contributed by atoms with Gasteiger partial charge in [0.25, 0.3) is 5.89 Å². The summed E-state index contributed by atoms with van der Waals surface area (Å²) in [6, 6.07) is 24.3. The van der Waals surface area contributed by atoms with Gasteiger partial charge in [0.05, 0.1) is 7.11 Å². The lowest BCUT2D eigenvalue weighted by molar-refractivity contribution is -0.136. The van der Waals surface area contributed by atoms with E-state index in [1.54, 1.807) is 36.3 Å². The molecule has 176 valence electrons. The molecule has 0 radical (unpaired) electrons. The van der Waals surface area contributed by atoms with Gasteiger partial charge in [-0.15, -0.1) is 0 Å². The van der Waals surface area contributed by atoms with Crippen molar-refractivity contribution in [1.82, 2.24) is 15.0 Å².